The Morgan fingerprint density at radius 2 is 2.20 bits per heavy atom. The van der Waals surface area contributed by atoms with E-state index in [0.717, 1.165) is 43.9 Å². The molecule has 0 fully saturated rings. The molecule has 3 heteroatoms. The van der Waals surface area contributed by atoms with Crippen LogP contribution in [0.2, 0.25) is 0 Å². The van der Waals surface area contributed by atoms with Crippen molar-refractivity contribution in [2.75, 3.05) is 13.2 Å². The van der Waals surface area contributed by atoms with Crippen molar-refractivity contribution < 1.29 is 4.74 Å². The van der Waals surface area contributed by atoms with Crippen molar-refractivity contribution in [2.24, 2.45) is 0 Å². The van der Waals surface area contributed by atoms with Crippen LogP contribution in [-0.2, 0) is 6.54 Å². The van der Waals surface area contributed by atoms with Crippen LogP contribution in [0.15, 0.2) is 18.5 Å². The summed E-state index contributed by atoms with van der Waals surface area (Å²) in [5.41, 5.74) is 1.14. The molecule has 0 saturated carbocycles. The lowest BCUT2D eigenvalue weighted by molar-refractivity contribution is 0.313. The van der Waals surface area contributed by atoms with Crippen molar-refractivity contribution in [2.45, 2.75) is 33.2 Å². The highest BCUT2D eigenvalue weighted by Crippen LogP contribution is 2.16. The van der Waals surface area contributed by atoms with E-state index in [1.165, 1.54) is 0 Å². The Balaban J connectivity index is 2.52. The van der Waals surface area contributed by atoms with E-state index in [1.807, 2.05) is 12.3 Å². The van der Waals surface area contributed by atoms with E-state index in [4.69, 9.17) is 4.74 Å². The number of aromatic nitrogens is 1. The van der Waals surface area contributed by atoms with Gasteiger partial charge in [0.05, 0.1) is 6.61 Å². The molecule has 0 unspecified atom stereocenters. The predicted octanol–water partition coefficient (Wildman–Crippen LogP) is 2.37. The minimum absolute atomic E-state index is 0.769. The monoisotopic (exact) mass is 208 g/mol. The molecule has 0 aliphatic carbocycles. The van der Waals surface area contributed by atoms with Gasteiger partial charge in [-0.2, -0.15) is 0 Å². The molecular formula is C12H20N2O. The maximum absolute atomic E-state index is 5.64. The summed E-state index contributed by atoms with van der Waals surface area (Å²) < 4.78 is 5.64. The van der Waals surface area contributed by atoms with Gasteiger partial charge in [-0.1, -0.05) is 13.8 Å². The maximum Gasteiger partial charge on any atom is 0.126 e. The molecule has 0 amide bonds. The van der Waals surface area contributed by atoms with E-state index in [0.29, 0.717) is 0 Å². The van der Waals surface area contributed by atoms with E-state index in [9.17, 15) is 0 Å². The summed E-state index contributed by atoms with van der Waals surface area (Å²) in [5.74, 6) is 0.954. The summed E-state index contributed by atoms with van der Waals surface area (Å²) in [5, 5.41) is 3.35. The van der Waals surface area contributed by atoms with E-state index in [2.05, 4.69) is 24.1 Å². The van der Waals surface area contributed by atoms with Crippen molar-refractivity contribution in [1.29, 1.82) is 0 Å². The molecule has 1 rings (SSSR count). The fraction of sp³-hybridized carbons (Fsp3) is 0.583. The first-order valence-electron chi connectivity index (χ1n) is 5.64. The molecule has 0 spiro atoms. The van der Waals surface area contributed by atoms with Crippen molar-refractivity contribution >= 4 is 0 Å². The quantitative estimate of drug-likeness (QED) is 0.698. The van der Waals surface area contributed by atoms with E-state index in [-0.39, 0.29) is 0 Å². The van der Waals surface area contributed by atoms with Crippen molar-refractivity contribution in [3.05, 3.63) is 24.0 Å². The summed E-state index contributed by atoms with van der Waals surface area (Å²) >= 11 is 0. The summed E-state index contributed by atoms with van der Waals surface area (Å²) in [7, 11) is 0. The fourth-order valence-corrected chi connectivity index (χ4v) is 1.30. The van der Waals surface area contributed by atoms with Crippen LogP contribution in [0.3, 0.4) is 0 Å². The molecule has 1 heterocycles. The molecule has 0 radical (unpaired) electrons. The van der Waals surface area contributed by atoms with Crippen LogP contribution in [0.25, 0.3) is 0 Å². The summed E-state index contributed by atoms with van der Waals surface area (Å²) in [6, 6.07) is 1.93. The standard InChI is InChI=1S/C12H20N2O/c1-3-6-13-9-11-10-14-7-5-12(11)15-8-4-2/h5,7,10,13H,3-4,6,8-9H2,1-2H3. The Hall–Kier alpha value is -1.09. The number of nitrogens with zero attached hydrogens (tertiary/aromatic N) is 1. The van der Waals surface area contributed by atoms with Gasteiger partial charge in [0.25, 0.3) is 0 Å². The third-order valence-electron chi connectivity index (χ3n) is 2.06. The second-order valence-corrected chi connectivity index (χ2v) is 3.51. The number of ether oxygens (including phenoxy) is 1. The van der Waals surface area contributed by atoms with Gasteiger partial charge < -0.3 is 10.1 Å². The Bertz CT molecular complexity index is 276. The van der Waals surface area contributed by atoms with Crippen LogP contribution in [0, 0.1) is 0 Å². The summed E-state index contributed by atoms with van der Waals surface area (Å²) in [6.45, 7) is 6.90. The van der Waals surface area contributed by atoms with Crippen molar-refractivity contribution in [3.63, 3.8) is 0 Å². The smallest absolute Gasteiger partial charge is 0.126 e. The largest absolute Gasteiger partial charge is 0.493 e. The first kappa shape index (κ1) is 12.0. The minimum atomic E-state index is 0.769. The molecule has 1 N–H and O–H groups in total. The number of hydrogen-bond donors (Lipinski definition) is 1. The molecule has 0 aromatic carbocycles. The third-order valence-corrected chi connectivity index (χ3v) is 2.06. The number of pyridine rings is 1. The van der Waals surface area contributed by atoms with Gasteiger partial charge in [0, 0.05) is 24.5 Å². The summed E-state index contributed by atoms with van der Waals surface area (Å²) in [4.78, 5) is 4.11. The first-order chi connectivity index (χ1) is 7.38. The van der Waals surface area contributed by atoms with Gasteiger partial charge in [-0.15, -0.1) is 0 Å². The molecule has 1 aromatic heterocycles. The van der Waals surface area contributed by atoms with Gasteiger partial charge in [0.15, 0.2) is 0 Å². The highest BCUT2D eigenvalue weighted by molar-refractivity contribution is 5.29. The summed E-state index contributed by atoms with van der Waals surface area (Å²) in [6.07, 6.45) is 5.82. The van der Waals surface area contributed by atoms with Crippen LogP contribution in [0.5, 0.6) is 5.75 Å². The average Bonchev–Trinajstić information content (AvgIpc) is 2.28. The van der Waals surface area contributed by atoms with Crippen LogP contribution >= 0.6 is 0 Å². The van der Waals surface area contributed by atoms with Crippen LogP contribution in [0.4, 0.5) is 0 Å². The number of rotatable bonds is 7. The van der Waals surface area contributed by atoms with Gasteiger partial charge in [-0.3, -0.25) is 4.98 Å². The van der Waals surface area contributed by atoms with E-state index < -0.39 is 0 Å². The molecule has 15 heavy (non-hydrogen) atoms. The first-order valence-corrected chi connectivity index (χ1v) is 5.64. The van der Waals surface area contributed by atoms with E-state index in [1.54, 1.807) is 6.20 Å². The molecule has 0 aliphatic rings. The molecule has 3 nitrogen and oxygen atoms in total. The molecule has 1 aromatic rings. The topological polar surface area (TPSA) is 34.2 Å². The normalized spacial score (nSPS) is 10.3. The maximum atomic E-state index is 5.64. The van der Waals surface area contributed by atoms with Crippen LogP contribution < -0.4 is 10.1 Å². The fourth-order valence-electron chi connectivity index (χ4n) is 1.30. The van der Waals surface area contributed by atoms with Gasteiger partial charge in [0.1, 0.15) is 5.75 Å². The number of hydrogen-bond acceptors (Lipinski definition) is 3. The van der Waals surface area contributed by atoms with Crippen molar-refractivity contribution in [3.8, 4) is 5.75 Å². The lowest BCUT2D eigenvalue weighted by atomic mass is 10.2. The molecular weight excluding hydrogens is 188 g/mol. The zero-order valence-corrected chi connectivity index (χ0v) is 9.62. The van der Waals surface area contributed by atoms with Gasteiger partial charge in [-0.05, 0) is 25.5 Å². The molecule has 0 bridgehead atoms. The predicted molar refractivity (Wildman–Crippen MR) is 62.0 cm³/mol. The third kappa shape index (κ3) is 4.30. The van der Waals surface area contributed by atoms with Crippen molar-refractivity contribution in [1.82, 2.24) is 10.3 Å². The molecule has 0 atom stereocenters. The lowest BCUT2D eigenvalue weighted by Crippen LogP contribution is -2.15. The molecule has 84 valence electrons. The Labute approximate surface area is 91.9 Å². The average molecular weight is 208 g/mol. The Morgan fingerprint density at radius 3 is 2.93 bits per heavy atom. The Morgan fingerprint density at radius 1 is 1.33 bits per heavy atom. The minimum Gasteiger partial charge on any atom is -0.493 e. The molecule has 0 saturated heterocycles. The van der Waals surface area contributed by atoms with Gasteiger partial charge >= 0.3 is 0 Å². The van der Waals surface area contributed by atoms with Crippen LogP contribution in [-0.4, -0.2) is 18.1 Å². The SMILES string of the molecule is CCCNCc1cnccc1OCCC. The zero-order chi connectivity index (χ0) is 10.9. The molecule has 0 aliphatic heterocycles. The lowest BCUT2D eigenvalue weighted by Gasteiger charge is -2.10. The zero-order valence-electron chi connectivity index (χ0n) is 9.62. The Kier molecular flexibility index (Phi) is 5.78. The second kappa shape index (κ2) is 7.23. The highest BCUT2D eigenvalue weighted by atomic mass is 16.5. The van der Waals surface area contributed by atoms with E-state index >= 15 is 0 Å². The van der Waals surface area contributed by atoms with Gasteiger partial charge in [0.2, 0.25) is 0 Å². The number of nitrogens with one attached hydrogen (secondary N) is 1. The second-order valence-electron chi connectivity index (χ2n) is 3.51. The highest BCUT2D eigenvalue weighted by Gasteiger charge is 2.01. The van der Waals surface area contributed by atoms with Gasteiger partial charge in [-0.25, -0.2) is 0 Å². The van der Waals surface area contributed by atoms with Crippen LogP contribution in [0.1, 0.15) is 32.3 Å².